The summed E-state index contributed by atoms with van der Waals surface area (Å²) in [5.41, 5.74) is 0.812. The normalized spacial score (nSPS) is 10.4. The van der Waals surface area contributed by atoms with Gasteiger partial charge in [-0.15, -0.1) is 0 Å². The van der Waals surface area contributed by atoms with E-state index in [2.05, 4.69) is 0 Å². The molecule has 0 saturated carbocycles. The molecule has 1 amide bonds. The van der Waals surface area contributed by atoms with Crippen LogP contribution in [-0.2, 0) is 0 Å². The number of hydrogen-bond donors (Lipinski definition) is 0. The van der Waals surface area contributed by atoms with Crippen molar-refractivity contribution >= 4 is 17.1 Å². The quantitative estimate of drug-likeness (QED) is 0.724. The largest absolute Gasteiger partial charge is 0.423 e. The molecule has 2 aromatic rings. The summed E-state index contributed by atoms with van der Waals surface area (Å²) < 4.78 is 10.2. The van der Waals surface area contributed by atoms with Crippen molar-refractivity contribution in [2.45, 2.75) is 6.92 Å². The second-order valence-corrected chi connectivity index (χ2v) is 4.17. The molecule has 18 heavy (non-hydrogen) atoms. The summed E-state index contributed by atoms with van der Waals surface area (Å²) in [6, 6.07) is 6.38. The molecule has 2 rings (SSSR count). The highest BCUT2D eigenvalue weighted by Crippen LogP contribution is 2.22. The van der Waals surface area contributed by atoms with Crippen LogP contribution in [0.1, 0.15) is 5.56 Å². The summed E-state index contributed by atoms with van der Waals surface area (Å²) in [5, 5.41) is 0.819. The Morgan fingerprint density at radius 2 is 2.00 bits per heavy atom. The summed E-state index contributed by atoms with van der Waals surface area (Å²) in [6.07, 6.45) is -0.482. The first kappa shape index (κ1) is 12.2. The van der Waals surface area contributed by atoms with Gasteiger partial charge >= 0.3 is 11.7 Å². The van der Waals surface area contributed by atoms with E-state index in [0.717, 1.165) is 10.9 Å². The van der Waals surface area contributed by atoms with Gasteiger partial charge in [0.1, 0.15) is 11.3 Å². The predicted molar refractivity (Wildman–Crippen MR) is 66.9 cm³/mol. The Morgan fingerprint density at radius 1 is 1.28 bits per heavy atom. The first-order chi connectivity index (χ1) is 8.47. The molecule has 1 aromatic heterocycles. The zero-order valence-corrected chi connectivity index (χ0v) is 10.4. The summed E-state index contributed by atoms with van der Waals surface area (Å²) in [5.74, 6) is 0.343. The summed E-state index contributed by atoms with van der Waals surface area (Å²) >= 11 is 0. The molecule has 5 heteroatoms. The molecule has 5 nitrogen and oxygen atoms in total. The van der Waals surface area contributed by atoms with Crippen LogP contribution in [0.5, 0.6) is 5.75 Å². The van der Waals surface area contributed by atoms with Crippen LogP contribution in [0.15, 0.2) is 33.5 Å². The van der Waals surface area contributed by atoms with Crippen molar-refractivity contribution in [1.82, 2.24) is 4.90 Å². The highest BCUT2D eigenvalue weighted by Gasteiger charge is 2.09. The predicted octanol–water partition coefficient (Wildman–Crippen LogP) is 2.16. The van der Waals surface area contributed by atoms with E-state index < -0.39 is 11.7 Å². The highest BCUT2D eigenvalue weighted by atomic mass is 16.6. The molecule has 0 fully saturated rings. The van der Waals surface area contributed by atoms with Crippen LogP contribution in [0.4, 0.5) is 4.79 Å². The lowest BCUT2D eigenvalue weighted by molar-refractivity contribution is 0.172. The first-order valence-corrected chi connectivity index (χ1v) is 5.41. The van der Waals surface area contributed by atoms with E-state index in [1.54, 1.807) is 26.2 Å². The number of carbonyl (C=O) groups excluding carboxylic acids is 1. The summed E-state index contributed by atoms with van der Waals surface area (Å²) in [7, 11) is 3.18. The van der Waals surface area contributed by atoms with Gasteiger partial charge in [0.05, 0.1) is 0 Å². The smallest absolute Gasteiger partial charge is 0.414 e. The third-order valence-electron chi connectivity index (χ3n) is 2.49. The number of hydrogen-bond acceptors (Lipinski definition) is 4. The van der Waals surface area contributed by atoms with Gasteiger partial charge in [-0.2, -0.15) is 0 Å². The number of benzene rings is 1. The van der Waals surface area contributed by atoms with Gasteiger partial charge < -0.3 is 14.1 Å². The molecule has 0 atom stereocenters. The Hall–Kier alpha value is -2.30. The van der Waals surface area contributed by atoms with E-state index in [4.69, 9.17) is 9.15 Å². The average molecular weight is 247 g/mol. The van der Waals surface area contributed by atoms with Crippen LogP contribution in [-0.4, -0.2) is 25.1 Å². The number of rotatable bonds is 1. The zero-order chi connectivity index (χ0) is 13.3. The van der Waals surface area contributed by atoms with Crippen molar-refractivity contribution in [2.75, 3.05) is 14.1 Å². The third-order valence-corrected chi connectivity index (χ3v) is 2.49. The third kappa shape index (κ3) is 2.34. The fraction of sp³-hybridized carbons (Fsp3) is 0.231. The molecule has 94 valence electrons. The molecule has 0 aliphatic carbocycles. The Balaban J connectivity index is 2.44. The molecule has 0 bridgehead atoms. The number of fused-ring (bicyclic) bond motifs is 1. The maximum atomic E-state index is 11.4. The molecule has 1 aromatic carbocycles. The van der Waals surface area contributed by atoms with E-state index in [0.29, 0.717) is 11.3 Å². The molecular weight excluding hydrogens is 234 g/mol. The number of ether oxygens (including phenoxy) is 1. The van der Waals surface area contributed by atoms with Gasteiger partial charge in [-0.25, -0.2) is 9.59 Å². The van der Waals surface area contributed by atoms with Crippen molar-refractivity contribution in [3.63, 3.8) is 0 Å². The highest BCUT2D eigenvalue weighted by molar-refractivity contribution is 5.82. The van der Waals surface area contributed by atoms with Crippen LogP contribution in [0.3, 0.4) is 0 Å². The Labute approximate surface area is 104 Å². The number of nitrogens with zero attached hydrogens (tertiary/aromatic N) is 1. The minimum atomic E-state index is -0.482. The molecule has 0 N–H and O–H groups in total. The molecule has 0 unspecified atom stereocenters. The maximum absolute atomic E-state index is 11.4. The van der Waals surface area contributed by atoms with E-state index in [9.17, 15) is 9.59 Å². The fourth-order valence-corrected chi connectivity index (χ4v) is 1.56. The van der Waals surface area contributed by atoms with Crippen molar-refractivity contribution in [3.8, 4) is 5.75 Å². The van der Waals surface area contributed by atoms with E-state index in [1.165, 1.54) is 17.0 Å². The number of carbonyl (C=O) groups is 1. The summed E-state index contributed by atoms with van der Waals surface area (Å²) in [4.78, 5) is 24.0. The van der Waals surface area contributed by atoms with Crippen molar-refractivity contribution < 1.29 is 13.9 Å². The fourth-order valence-electron chi connectivity index (χ4n) is 1.56. The van der Waals surface area contributed by atoms with Crippen LogP contribution in [0.2, 0.25) is 0 Å². The first-order valence-electron chi connectivity index (χ1n) is 5.41. The monoisotopic (exact) mass is 247 g/mol. The molecular formula is C13H13NO4. The molecule has 0 saturated heterocycles. The van der Waals surface area contributed by atoms with Crippen LogP contribution >= 0.6 is 0 Å². The molecule has 0 radical (unpaired) electrons. The second-order valence-electron chi connectivity index (χ2n) is 4.17. The lowest BCUT2D eigenvalue weighted by atomic mass is 10.1. The number of aryl methyl sites for hydroxylation is 1. The average Bonchev–Trinajstić information content (AvgIpc) is 2.27. The van der Waals surface area contributed by atoms with Crippen LogP contribution in [0, 0.1) is 6.92 Å². The molecule has 1 heterocycles. The SMILES string of the molecule is Cc1cc(=O)oc2cc(OC(=O)N(C)C)ccc12. The molecule has 0 aliphatic rings. The zero-order valence-electron chi connectivity index (χ0n) is 10.4. The topological polar surface area (TPSA) is 59.8 Å². The number of amides is 1. The van der Waals surface area contributed by atoms with Gasteiger partial charge in [-0.3, -0.25) is 0 Å². The van der Waals surface area contributed by atoms with Gasteiger partial charge in [-0.05, 0) is 24.6 Å². The van der Waals surface area contributed by atoms with Gasteiger partial charge in [-0.1, -0.05) is 0 Å². The molecule has 0 aliphatic heterocycles. The lowest BCUT2D eigenvalue weighted by Crippen LogP contribution is -2.25. The van der Waals surface area contributed by atoms with Gasteiger partial charge in [0.2, 0.25) is 0 Å². The summed E-state index contributed by atoms with van der Waals surface area (Å²) in [6.45, 7) is 1.82. The van der Waals surface area contributed by atoms with Gasteiger partial charge in [0, 0.05) is 31.6 Å². The molecule has 0 spiro atoms. The van der Waals surface area contributed by atoms with E-state index in [-0.39, 0.29) is 0 Å². The van der Waals surface area contributed by atoms with Crippen molar-refractivity contribution in [1.29, 1.82) is 0 Å². The van der Waals surface area contributed by atoms with E-state index >= 15 is 0 Å². The minimum absolute atomic E-state index is 0.343. The van der Waals surface area contributed by atoms with Crippen molar-refractivity contribution in [2.24, 2.45) is 0 Å². The van der Waals surface area contributed by atoms with Crippen molar-refractivity contribution in [3.05, 3.63) is 40.2 Å². The second kappa shape index (κ2) is 4.52. The van der Waals surface area contributed by atoms with Gasteiger partial charge in [0.15, 0.2) is 0 Å². The Morgan fingerprint density at radius 3 is 2.67 bits per heavy atom. The Kier molecular flexibility index (Phi) is 3.06. The maximum Gasteiger partial charge on any atom is 0.414 e. The lowest BCUT2D eigenvalue weighted by Gasteiger charge is -2.10. The standard InChI is InChI=1S/C13H13NO4/c1-8-6-12(15)18-11-7-9(4-5-10(8)11)17-13(16)14(2)3/h4-7H,1-3H3. The van der Waals surface area contributed by atoms with Gasteiger partial charge in [0.25, 0.3) is 0 Å². The van der Waals surface area contributed by atoms with Crippen LogP contribution in [0.25, 0.3) is 11.0 Å². The van der Waals surface area contributed by atoms with Crippen LogP contribution < -0.4 is 10.4 Å². The minimum Gasteiger partial charge on any atom is -0.423 e. The Bertz CT molecular complexity index is 658. The van der Waals surface area contributed by atoms with E-state index in [1.807, 2.05) is 6.92 Å².